The summed E-state index contributed by atoms with van der Waals surface area (Å²) < 4.78 is 0.982. The molecule has 1 aromatic carbocycles. The van der Waals surface area contributed by atoms with Crippen LogP contribution in [0.1, 0.15) is 17.3 Å². The number of hydrogen-bond acceptors (Lipinski definition) is 4. The molecule has 0 spiro atoms. The highest BCUT2D eigenvalue weighted by molar-refractivity contribution is 9.10. The van der Waals surface area contributed by atoms with Crippen LogP contribution in [0.5, 0.6) is 0 Å². The lowest BCUT2D eigenvalue weighted by molar-refractivity contribution is 0.0834. The van der Waals surface area contributed by atoms with E-state index in [0.717, 1.165) is 43.2 Å². The molecular weight excluding hydrogens is 344 g/mol. The predicted octanol–water partition coefficient (Wildman–Crippen LogP) is 1.90. The number of piperazine rings is 1. The number of hydrogen-bond donors (Lipinski definition) is 0. The fourth-order valence-corrected chi connectivity index (χ4v) is 3.18. The first-order valence-electron chi connectivity index (χ1n) is 7.78. The van der Waals surface area contributed by atoms with Crippen LogP contribution in [0.4, 0.5) is 0 Å². The van der Waals surface area contributed by atoms with E-state index in [9.17, 15) is 4.79 Å². The Morgan fingerprint density at radius 2 is 1.82 bits per heavy atom. The van der Waals surface area contributed by atoms with E-state index in [-0.39, 0.29) is 5.91 Å². The van der Waals surface area contributed by atoms with Gasteiger partial charge in [0.25, 0.3) is 5.91 Å². The van der Waals surface area contributed by atoms with Gasteiger partial charge in [0.1, 0.15) is 0 Å². The summed E-state index contributed by atoms with van der Waals surface area (Å²) in [5.74, 6) is 0.894. The molecule has 1 amide bonds. The van der Waals surface area contributed by atoms with E-state index in [4.69, 9.17) is 0 Å². The molecule has 3 rings (SSSR count). The van der Waals surface area contributed by atoms with Crippen molar-refractivity contribution in [2.24, 2.45) is 4.99 Å². The van der Waals surface area contributed by atoms with Gasteiger partial charge in [-0.2, -0.15) is 0 Å². The average molecular weight is 365 g/mol. The number of aliphatic imine (C=N–C) groups is 1. The summed E-state index contributed by atoms with van der Waals surface area (Å²) >= 11 is 3.40. The van der Waals surface area contributed by atoms with E-state index in [0.29, 0.717) is 18.7 Å². The molecule has 0 atom stereocenters. The molecule has 6 heteroatoms. The molecule has 0 aliphatic carbocycles. The van der Waals surface area contributed by atoms with E-state index in [2.05, 4.69) is 37.6 Å². The number of guanidine groups is 1. The van der Waals surface area contributed by atoms with Gasteiger partial charge >= 0.3 is 0 Å². The summed E-state index contributed by atoms with van der Waals surface area (Å²) in [6.45, 7) is 8.61. The minimum atomic E-state index is 0.0432. The lowest BCUT2D eigenvalue weighted by Crippen LogP contribution is -2.53. The molecule has 0 radical (unpaired) electrons. The van der Waals surface area contributed by atoms with Crippen LogP contribution in [0.15, 0.2) is 33.7 Å². The summed E-state index contributed by atoms with van der Waals surface area (Å²) in [5, 5.41) is 0. The van der Waals surface area contributed by atoms with E-state index in [1.807, 2.05) is 29.2 Å². The van der Waals surface area contributed by atoms with Crippen molar-refractivity contribution in [3.05, 3.63) is 34.3 Å². The molecular formula is C16H21BrN4O. The minimum absolute atomic E-state index is 0.0432. The summed E-state index contributed by atoms with van der Waals surface area (Å²) in [4.78, 5) is 23.8. The molecule has 1 saturated heterocycles. The molecule has 0 N–H and O–H groups in total. The SMILES string of the molecule is CCN1CCN(C2=NCCN2C(=O)c2ccc(Br)cc2)CC1. The molecule has 5 nitrogen and oxygen atoms in total. The van der Waals surface area contributed by atoms with Gasteiger partial charge in [0.2, 0.25) is 5.96 Å². The van der Waals surface area contributed by atoms with Gasteiger partial charge in [-0.15, -0.1) is 0 Å². The Morgan fingerprint density at radius 3 is 2.45 bits per heavy atom. The Bertz CT molecular complexity index is 564. The Balaban J connectivity index is 1.70. The van der Waals surface area contributed by atoms with Crippen LogP contribution < -0.4 is 0 Å². The van der Waals surface area contributed by atoms with Crippen LogP contribution >= 0.6 is 15.9 Å². The molecule has 0 unspecified atom stereocenters. The number of benzene rings is 1. The second-order valence-electron chi connectivity index (χ2n) is 5.57. The Labute approximate surface area is 139 Å². The highest BCUT2D eigenvalue weighted by Gasteiger charge is 2.30. The molecule has 2 heterocycles. The lowest BCUT2D eigenvalue weighted by atomic mass is 10.2. The van der Waals surface area contributed by atoms with Gasteiger partial charge in [0.15, 0.2) is 0 Å². The van der Waals surface area contributed by atoms with Crippen molar-refractivity contribution in [1.82, 2.24) is 14.7 Å². The highest BCUT2D eigenvalue weighted by Crippen LogP contribution is 2.16. The molecule has 0 saturated carbocycles. The van der Waals surface area contributed by atoms with E-state index < -0.39 is 0 Å². The largest absolute Gasteiger partial charge is 0.340 e. The molecule has 0 aromatic heterocycles. The fraction of sp³-hybridized carbons (Fsp3) is 0.500. The van der Waals surface area contributed by atoms with Crippen molar-refractivity contribution in [2.75, 3.05) is 45.8 Å². The second-order valence-corrected chi connectivity index (χ2v) is 6.48. The maximum Gasteiger partial charge on any atom is 0.260 e. The van der Waals surface area contributed by atoms with Gasteiger partial charge in [-0.3, -0.25) is 14.7 Å². The number of carbonyl (C=O) groups excluding carboxylic acids is 1. The monoisotopic (exact) mass is 364 g/mol. The fourth-order valence-electron chi connectivity index (χ4n) is 2.91. The Morgan fingerprint density at radius 1 is 1.14 bits per heavy atom. The third-order valence-electron chi connectivity index (χ3n) is 4.26. The first kappa shape index (κ1) is 15.5. The second kappa shape index (κ2) is 6.79. The summed E-state index contributed by atoms with van der Waals surface area (Å²) in [6, 6.07) is 7.52. The average Bonchev–Trinajstić information content (AvgIpc) is 3.04. The Hall–Kier alpha value is -1.40. The van der Waals surface area contributed by atoms with E-state index in [1.165, 1.54) is 0 Å². The lowest BCUT2D eigenvalue weighted by Gasteiger charge is -2.37. The zero-order chi connectivity index (χ0) is 15.5. The van der Waals surface area contributed by atoms with Crippen LogP contribution in [0.25, 0.3) is 0 Å². The van der Waals surface area contributed by atoms with E-state index >= 15 is 0 Å². The van der Waals surface area contributed by atoms with Gasteiger partial charge in [0.05, 0.1) is 6.54 Å². The van der Waals surface area contributed by atoms with Crippen LogP contribution in [0, 0.1) is 0 Å². The van der Waals surface area contributed by atoms with Crippen LogP contribution in [0.2, 0.25) is 0 Å². The molecule has 1 fully saturated rings. The first-order valence-corrected chi connectivity index (χ1v) is 8.57. The molecule has 0 bridgehead atoms. The van der Waals surface area contributed by atoms with Gasteiger partial charge in [-0.05, 0) is 30.8 Å². The summed E-state index contributed by atoms with van der Waals surface area (Å²) in [7, 11) is 0. The van der Waals surface area contributed by atoms with Crippen molar-refractivity contribution in [1.29, 1.82) is 0 Å². The quantitative estimate of drug-likeness (QED) is 0.804. The van der Waals surface area contributed by atoms with E-state index in [1.54, 1.807) is 0 Å². The van der Waals surface area contributed by atoms with Crippen LogP contribution in [-0.4, -0.2) is 72.4 Å². The maximum absolute atomic E-state index is 12.7. The molecule has 2 aliphatic rings. The molecule has 2 aliphatic heterocycles. The number of carbonyl (C=O) groups is 1. The van der Waals surface area contributed by atoms with Crippen molar-refractivity contribution in [3.63, 3.8) is 0 Å². The van der Waals surface area contributed by atoms with Crippen molar-refractivity contribution >= 4 is 27.8 Å². The standard InChI is InChI=1S/C16H21BrN4O/c1-2-19-9-11-20(12-10-19)16-18-7-8-21(16)15(22)13-3-5-14(17)6-4-13/h3-6H,2,7-12H2,1H3. The van der Waals surface area contributed by atoms with Gasteiger partial charge in [-0.25, -0.2) is 0 Å². The maximum atomic E-state index is 12.7. The zero-order valence-corrected chi connectivity index (χ0v) is 14.4. The van der Waals surface area contributed by atoms with Crippen LogP contribution in [0.3, 0.4) is 0 Å². The highest BCUT2D eigenvalue weighted by atomic mass is 79.9. The first-order chi connectivity index (χ1) is 10.7. The number of halogens is 1. The Kier molecular flexibility index (Phi) is 4.78. The molecule has 1 aromatic rings. The topological polar surface area (TPSA) is 39.1 Å². The number of amides is 1. The van der Waals surface area contributed by atoms with Crippen molar-refractivity contribution in [3.8, 4) is 0 Å². The smallest absolute Gasteiger partial charge is 0.260 e. The van der Waals surface area contributed by atoms with Crippen molar-refractivity contribution < 1.29 is 4.79 Å². The normalized spacial score (nSPS) is 19.5. The van der Waals surface area contributed by atoms with Crippen LogP contribution in [-0.2, 0) is 0 Å². The third-order valence-corrected chi connectivity index (χ3v) is 4.79. The summed E-state index contributed by atoms with van der Waals surface area (Å²) in [6.07, 6.45) is 0. The number of likely N-dealkylation sites (N-methyl/N-ethyl adjacent to an activating group) is 1. The van der Waals surface area contributed by atoms with Gasteiger partial charge in [-0.1, -0.05) is 22.9 Å². The minimum Gasteiger partial charge on any atom is -0.340 e. The predicted molar refractivity (Wildman–Crippen MR) is 91.2 cm³/mol. The molecule has 118 valence electrons. The van der Waals surface area contributed by atoms with Gasteiger partial charge < -0.3 is 9.80 Å². The third kappa shape index (κ3) is 3.17. The van der Waals surface area contributed by atoms with Crippen molar-refractivity contribution in [2.45, 2.75) is 6.92 Å². The molecule has 22 heavy (non-hydrogen) atoms. The zero-order valence-electron chi connectivity index (χ0n) is 12.8. The summed E-state index contributed by atoms with van der Waals surface area (Å²) in [5.41, 5.74) is 0.713. The number of rotatable bonds is 2. The number of nitrogens with zero attached hydrogens (tertiary/aromatic N) is 4. The van der Waals surface area contributed by atoms with Gasteiger partial charge in [0, 0.05) is 42.8 Å².